The lowest BCUT2D eigenvalue weighted by Gasteiger charge is -2.49. The molecule has 10 nitrogen and oxygen atoms in total. The number of methoxy groups -OCH3 is 3. The van der Waals surface area contributed by atoms with Gasteiger partial charge in [-0.2, -0.15) is 10.5 Å². The van der Waals surface area contributed by atoms with Crippen molar-refractivity contribution in [2.75, 3.05) is 47.8 Å². The Morgan fingerprint density at radius 2 is 1.14 bits per heavy atom. The molecule has 0 N–H and O–H groups in total. The summed E-state index contributed by atoms with van der Waals surface area (Å²) in [6.45, 7) is 0.227. The van der Waals surface area contributed by atoms with Gasteiger partial charge >= 0.3 is 0 Å². The van der Waals surface area contributed by atoms with E-state index in [9.17, 15) is 0 Å². The first-order chi connectivity index (χ1) is 21.0. The fraction of sp³-hybridized carbons (Fsp3) is 0.406. The van der Waals surface area contributed by atoms with E-state index in [0.717, 1.165) is 22.8 Å². The summed E-state index contributed by atoms with van der Waals surface area (Å²) in [7, 11) is 4.42. The number of benzene rings is 3. The van der Waals surface area contributed by atoms with Crippen LogP contribution in [0.15, 0.2) is 72.8 Å². The molecular formula is C32H38O10S. The Labute approximate surface area is 254 Å². The summed E-state index contributed by atoms with van der Waals surface area (Å²) in [4.78, 5) is 0. The minimum Gasteiger partial charge on any atom is -0.497 e. The lowest BCUT2D eigenvalue weighted by atomic mass is 9.98. The Bertz CT molecular complexity index is 1300. The summed E-state index contributed by atoms with van der Waals surface area (Å²) in [5.41, 5.74) is 0.457. The molecule has 2 fully saturated rings. The van der Waals surface area contributed by atoms with Crippen LogP contribution in [0.5, 0.6) is 28.7 Å². The highest BCUT2D eigenvalue weighted by Gasteiger charge is 2.51. The van der Waals surface area contributed by atoms with Gasteiger partial charge < -0.3 is 47.4 Å². The van der Waals surface area contributed by atoms with Crippen LogP contribution in [0.2, 0.25) is 0 Å². The molecule has 5 rings (SSSR count). The number of rotatable bonds is 13. The lowest BCUT2D eigenvalue weighted by molar-refractivity contribution is -0.334. The molecule has 232 valence electrons. The Kier molecular flexibility index (Phi) is 10.8. The molecule has 0 amide bonds. The van der Waals surface area contributed by atoms with Gasteiger partial charge in [0.1, 0.15) is 58.6 Å². The van der Waals surface area contributed by atoms with E-state index in [1.807, 2.05) is 79.1 Å². The number of hydrogen-bond donors (Lipinski definition) is 0. The van der Waals surface area contributed by atoms with Gasteiger partial charge in [-0.1, -0.05) is 18.0 Å². The SMILES string of the molecule is C=S(C)C1OC2COC(c3ccc(OC)cc3)OC2C(OCOc2ccc(OC)cc2)C1OCOc1ccc(OC)cc1. The van der Waals surface area contributed by atoms with Crippen LogP contribution in [-0.2, 0) is 23.7 Å². The molecule has 2 heterocycles. The summed E-state index contributed by atoms with van der Waals surface area (Å²) in [6.07, 6.45) is -0.698. The molecule has 0 bridgehead atoms. The van der Waals surface area contributed by atoms with Crippen LogP contribution >= 0.6 is 10.5 Å². The van der Waals surface area contributed by atoms with E-state index in [1.54, 1.807) is 21.3 Å². The first kappa shape index (κ1) is 31.1. The molecule has 7 unspecified atom stereocenters. The molecule has 0 radical (unpaired) electrons. The Morgan fingerprint density at radius 3 is 1.63 bits per heavy atom. The first-order valence-electron chi connectivity index (χ1n) is 13.8. The smallest absolute Gasteiger partial charge is 0.189 e. The molecule has 2 aliphatic heterocycles. The maximum Gasteiger partial charge on any atom is 0.189 e. The van der Waals surface area contributed by atoms with Crippen LogP contribution < -0.4 is 23.7 Å². The summed E-state index contributed by atoms with van der Waals surface area (Å²) >= 11 is 0. The van der Waals surface area contributed by atoms with Gasteiger partial charge in [-0.25, -0.2) is 0 Å². The number of fused-ring (bicyclic) bond motifs is 1. The second-order valence-electron chi connectivity index (χ2n) is 9.91. The summed E-state index contributed by atoms with van der Waals surface area (Å²) in [5.74, 6) is 7.76. The third kappa shape index (κ3) is 7.80. The van der Waals surface area contributed by atoms with E-state index in [0.29, 0.717) is 18.1 Å². The van der Waals surface area contributed by atoms with Gasteiger partial charge in [0.15, 0.2) is 19.9 Å². The highest BCUT2D eigenvalue weighted by atomic mass is 32.2. The van der Waals surface area contributed by atoms with Gasteiger partial charge in [0, 0.05) is 5.56 Å². The second-order valence-corrected chi connectivity index (χ2v) is 11.8. The van der Waals surface area contributed by atoms with E-state index in [4.69, 9.17) is 47.4 Å². The van der Waals surface area contributed by atoms with E-state index in [2.05, 4.69) is 5.87 Å². The van der Waals surface area contributed by atoms with Gasteiger partial charge in [-0.05, 0) is 66.9 Å². The van der Waals surface area contributed by atoms with E-state index in [-0.39, 0.29) is 13.6 Å². The summed E-state index contributed by atoms with van der Waals surface area (Å²) in [6, 6.07) is 22.1. The fourth-order valence-electron chi connectivity index (χ4n) is 4.87. The predicted molar refractivity (Wildman–Crippen MR) is 163 cm³/mol. The Balaban J connectivity index is 1.34. The quantitative estimate of drug-likeness (QED) is 0.193. The Morgan fingerprint density at radius 1 is 0.674 bits per heavy atom. The van der Waals surface area contributed by atoms with E-state index in [1.165, 1.54) is 0 Å². The molecule has 7 atom stereocenters. The van der Waals surface area contributed by atoms with E-state index >= 15 is 0 Å². The van der Waals surface area contributed by atoms with Crippen molar-refractivity contribution in [3.8, 4) is 28.7 Å². The van der Waals surface area contributed by atoms with Crippen LogP contribution in [0.3, 0.4) is 0 Å². The van der Waals surface area contributed by atoms with Crippen molar-refractivity contribution in [2.24, 2.45) is 0 Å². The largest absolute Gasteiger partial charge is 0.497 e. The van der Waals surface area contributed by atoms with Crippen molar-refractivity contribution in [2.45, 2.75) is 36.1 Å². The van der Waals surface area contributed by atoms with Gasteiger partial charge in [0.05, 0.1) is 27.9 Å². The van der Waals surface area contributed by atoms with Gasteiger partial charge in [0.25, 0.3) is 0 Å². The summed E-state index contributed by atoms with van der Waals surface area (Å²) < 4.78 is 59.4. The maximum atomic E-state index is 6.51. The molecule has 3 aromatic rings. The molecule has 0 aromatic heterocycles. The second kappa shape index (κ2) is 14.9. The van der Waals surface area contributed by atoms with Crippen LogP contribution in [-0.4, -0.2) is 83.5 Å². The van der Waals surface area contributed by atoms with Crippen molar-refractivity contribution < 1.29 is 47.4 Å². The van der Waals surface area contributed by atoms with E-state index < -0.39 is 46.6 Å². The minimum atomic E-state index is -0.628. The van der Waals surface area contributed by atoms with Crippen LogP contribution in [0.4, 0.5) is 0 Å². The van der Waals surface area contributed by atoms with Crippen molar-refractivity contribution in [1.29, 1.82) is 0 Å². The monoisotopic (exact) mass is 614 g/mol. The van der Waals surface area contributed by atoms with Crippen LogP contribution in [0.25, 0.3) is 0 Å². The molecule has 0 aliphatic carbocycles. The highest BCUT2D eigenvalue weighted by molar-refractivity contribution is 8.13. The normalized spacial score (nSPS) is 25.7. The first-order valence-corrected chi connectivity index (χ1v) is 15.6. The summed E-state index contributed by atoms with van der Waals surface area (Å²) in [5, 5.41) is 0. The van der Waals surface area contributed by atoms with Gasteiger partial charge in [-0.15, -0.1) is 0 Å². The van der Waals surface area contributed by atoms with Crippen molar-refractivity contribution in [3.05, 3.63) is 78.4 Å². The lowest BCUT2D eigenvalue weighted by Crippen LogP contribution is -2.63. The zero-order valence-corrected chi connectivity index (χ0v) is 25.5. The minimum absolute atomic E-state index is 0.0386. The van der Waals surface area contributed by atoms with Crippen LogP contribution in [0.1, 0.15) is 11.9 Å². The maximum absolute atomic E-state index is 6.51. The number of hydrogen-bond acceptors (Lipinski definition) is 10. The van der Waals surface area contributed by atoms with Crippen molar-refractivity contribution >= 4 is 16.4 Å². The molecule has 11 heteroatoms. The molecule has 0 saturated carbocycles. The topological polar surface area (TPSA) is 92.3 Å². The zero-order valence-electron chi connectivity index (χ0n) is 24.7. The zero-order chi connectivity index (χ0) is 30.2. The number of ether oxygens (including phenoxy) is 10. The van der Waals surface area contributed by atoms with Gasteiger partial charge in [-0.3, -0.25) is 0 Å². The third-order valence-corrected chi connectivity index (χ3v) is 8.33. The molecular weight excluding hydrogens is 576 g/mol. The average molecular weight is 615 g/mol. The molecule has 2 aliphatic rings. The fourth-order valence-corrected chi connectivity index (χ4v) is 5.90. The van der Waals surface area contributed by atoms with Crippen molar-refractivity contribution in [3.63, 3.8) is 0 Å². The highest BCUT2D eigenvalue weighted by Crippen LogP contribution is 2.40. The predicted octanol–water partition coefficient (Wildman–Crippen LogP) is 5.03. The molecule has 0 spiro atoms. The van der Waals surface area contributed by atoms with Crippen molar-refractivity contribution in [1.82, 2.24) is 0 Å². The molecule has 43 heavy (non-hydrogen) atoms. The van der Waals surface area contributed by atoms with Gasteiger partial charge in [0.2, 0.25) is 0 Å². The average Bonchev–Trinajstić information content (AvgIpc) is 3.05. The molecule has 2 saturated heterocycles. The third-order valence-electron chi connectivity index (χ3n) is 7.16. The Hall–Kier alpha value is -3.32. The van der Waals surface area contributed by atoms with Crippen LogP contribution in [0, 0.1) is 0 Å². The molecule has 3 aromatic carbocycles. The standard InChI is InChI=1S/C32H38O10S/c1-33-22-8-6-21(7-9-22)31-36-18-27-28(42-31)29(39-19-37-25-14-10-23(34-2)11-15-25)30(32(41-27)43(4)5)40-20-38-26-16-12-24(35-3)13-17-26/h6-17,27-32H,4,18-20H2,1-3,5H3.